The van der Waals surface area contributed by atoms with Crippen LogP contribution in [0.3, 0.4) is 0 Å². The molecule has 1 heterocycles. The molecule has 0 atom stereocenters. The van der Waals surface area contributed by atoms with E-state index in [4.69, 9.17) is 32.7 Å². The van der Waals surface area contributed by atoms with E-state index in [1.165, 1.54) is 25.3 Å². The molecule has 0 radical (unpaired) electrons. The number of imide groups is 2. The van der Waals surface area contributed by atoms with E-state index < -0.39 is 40.8 Å². The molecule has 196 valence electrons. The molecule has 0 aliphatic carbocycles. The van der Waals surface area contributed by atoms with Crippen LogP contribution < -0.4 is 19.7 Å². The van der Waals surface area contributed by atoms with Gasteiger partial charge in [0.25, 0.3) is 11.8 Å². The summed E-state index contributed by atoms with van der Waals surface area (Å²) in [6.07, 6.45) is -3.58. The Bertz CT molecular complexity index is 1460. The minimum Gasteiger partial charge on any atom is -0.493 e. The third-order valence-electron chi connectivity index (χ3n) is 5.42. The lowest BCUT2D eigenvalue weighted by atomic mass is 10.1. The SMILES string of the molecule is COc1cc(/C=C2\C(=O)NC(=O)N(c3cc(C(F)(F)F)ccc3Cl)C2=O)ccc1OCc1ccc(Cl)cc1. The maximum absolute atomic E-state index is 13.2. The van der Waals surface area contributed by atoms with E-state index in [9.17, 15) is 27.6 Å². The highest BCUT2D eigenvalue weighted by Crippen LogP contribution is 2.37. The second-order valence-electron chi connectivity index (χ2n) is 7.95. The van der Waals surface area contributed by atoms with Gasteiger partial charge >= 0.3 is 12.2 Å². The fourth-order valence-electron chi connectivity index (χ4n) is 3.54. The quantitative estimate of drug-likeness (QED) is 0.282. The number of ether oxygens (including phenoxy) is 2. The largest absolute Gasteiger partial charge is 0.493 e. The summed E-state index contributed by atoms with van der Waals surface area (Å²) in [5.41, 5.74) is -0.978. The molecule has 0 unspecified atom stereocenters. The van der Waals surface area contributed by atoms with Crippen molar-refractivity contribution in [1.82, 2.24) is 5.32 Å². The molecule has 7 nitrogen and oxygen atoms in total. The summed E-state index contributed by atoms with van der Waals surface area (Å²) >= 11 is 11.9. The van der Waals surface area contributed by atoms with Crippen LogP contribution in [0.15, 0.2) is 66.2 Å². The number of anilines is 1. The van der Waals surface area contributed by atoms with Crippen LogP contribution in [0.5, 0.6) is 11.5 Å². The van der Waals surface area contributed by atoms with Gasteiger partial charge in [0.2, 0.25) is 0 Å². The van der Waals surface area contributed by atoms with Crippen molar-refractivity contribution in [3.05, 3.63) is 93.0 Å². The summed E-state index contributed by atoms with van der Waals surface area (Å²) in [5.74, 6) is -1.52. The first-order valence-corrected chi connectivity index (χ1v) is 11.6. The molecule has 3 aromatic carbocycles. The number of methoxy groups -OCH3 is 1. The maximum Gasteiger partial charge on any atom is 0.416 e. The third kappa shape index (κ3) is 5.76. The Morgan fingerprint density at radius 1 is 0.947 bits per heavy atom. The Hall–Kier alpha value is -4.02. The number of urea groups is 1. The van der Waals surface area contributed by atoms with Gasteiger partial charge in [0.1, 0.15) is 12.2 Å². The van der Waals surface area contributed by atoms with Gasteiger partial charge in [0, 0.05) is 5.02 Å². The zero-order valence-electron chi connectivity index (χ0n) is 19.4. The Morgan fingerprint density at radius 2 is 1.66 bits per heavy atom. The number of carbonyl (C=O) groups is 3. The number of nitrogens with one attached hydrogen (secondary N) is 1. The van der Waals surface area contributed by atoms with Crippen LogP contribution in [0.1, 0.15) is 16.7 Å². The van der Waals surface area contributed by atoms with Crippen LogP contribution in [-0.2, 0) is 22.4 Å². The standard InChI is InChI=1S/C26H17Cl2F3N2O5/c1-37-22-11-15(4-9-21(22)38-13-14-2-6-17(27)7-3-14)10-18-23(34)32-25(36)33(24(18)35)20-12-16(26(29,30)31)5-8-19(20)28/h2-12H,13H2,1H3,(H,32,34,36)/b18-10+. The van der Waals surface area contributed by atoms with Crippen molar-refractivity contribution in [1.29, 1.82) is 0 Å². The fourth-order valence-corrected chi connectivity index (χ4v) is 3.87. The summed E-state index contributed by atoms with van der Waals surface area (Å²) in [6.45, 7) is 0.212. The Balaban J connectivity index is 1.63. The lowest BCUT2D eigenvalue weighted by Gasteiger charge is -2.27. The Morgan fingerprint density at radius 3 is 2.32 bits per heavy atom. The molecular formula is C26H17Cl2F3N2O5. The number of rotatable bonds is 6. The first kappa shape index (κ1) is 27.0. The number of hydrogen-bond acceptors (Lipinski definition) is 5. The summed E-state index contributed by atoms with van der Waals surface area (Å²) in [7, 11) is 1.40. The molecule has 0 spiro atoms. The summed E-state index contributed by atoms with van der Waals surface area (Å²) in [5, 5.41) is 2.24. The van der Waals surface area contributed by atoms with Gasteiger partial charge in [0.05, 0.1) is 23.4 Å². The van der Waals surface area contributed by atoms with Gasteiger partial charge in [-0.1, -0.05) is 41.4 Å². The van der Waals surface area contributed by atoms with Gasteiger partial charge in [-0.05, 0) is 59.7 Å². The average molecular weight is 565 g/mol. The van der Waals surface area contributed by atoms with Crippen LogP contribution in [-0.4, -0.2) is 25.0 Å². The van der Waals surface area contributed by atoms with E-state index in [-0.39, 0.29) is 17.4 Å². The molecule has 38 heavy (non-hydrogen) atoms. The van der Waals surface area contributed by atoms with Gasteiger partial charge in [-0.2, -0.15) is 13.2 Å². The van der Waals surface area contributed by atoms with E-state index in [1.807, 2.05) is 5.32 Å². The normalized spacial score (nSPS) is 15.1. The lowest BCUT2D eigenvalue weighted by molar-refractivity contribution is -0.137. The molecule has 0 aromatic heterocycles. The maximum atomic E-state index is 13.2. The number of nitrogens with zero attached hydrogens (tertiary/aromatic N) is 1. The van der Waals surface area contributed by atoms with Crippen molar-refractivity contribution in [2.45, 2.75) is 12.8 Å². The van der Waals surface area contributed by atoms with Gasteiger partial charge in [-0.15, -0.1) is 0 Å². The summed E-state index contributed by atoms with van der Waals surface area (Å²) in [4.78, 5) is 38.4. The van der Waals surface area contributed by atoms with Crippen molar-refractivity contribution in [2.75, 3.05) is 12.0 Å². The molecule has 1 N–H and O–H groups in total. The number of alkyl halides is 3. The predicted octanol–water partition coefficient (Wildman–Crippen LogP) is 6.27. The smallest absolute Gasteiger partial charge is 0.416 e. The van der Waals surface area contributed by atoms with Crippen LogP contribution in [0, 0.1) is 0 Å². The predicted molar refractivity (Wildman–Crippen MR) is 134 cm³/mol. The second kappa shape index (κ2) is 10.8. The highest BCUT2D eigenvalue weighted by atomic mass is 35.5. The molecule has 3 aromatic rings. The van der Waals surface area contributed by atoms with E-state index >= 15 is 0 Å². The van der Waals surface area contributed by atoms with Gasteiger partial charge in [0.15, 0.2) is 11.5 Å². The number of carbonyl (C=O) groups excluding carboxylic acids is 3. The molecule has 0 bridgehead atoms. The van der Waals surface area contributed by atoms with E-state index in [0.717, 1.165) is 11.6 Å². The van der Waals surface area contributed by atoms with Gasteiger partial charge in [-0.3, -0.25) is 14.9 Å². The number of hydrogen-bond donors (Lipinski definition) is 1. The lowest BCUT2D eigenvalue weighted by Crippen LogP contribution is -2.54. The van der Waals surface area contributed by atoms with Crippen LogP contribution in [0.25, 0.3) is 6.08 Å². The van der Waals surface area contributed by atoms with Crippen molar-refractivity contribution in [2.24, 2.45) is 0 Å². The first-order chi connectivity index (χ1) is 18.0. The number of halogens is 5. The van der Waals surface area contributed by atoms with Crippen molar-refractivity contribution in [3.8, 4) is 11.5 Å². The molecule has 4 amide bonds. The number of barbiturate groups is 1. The topological polar surface area (TPSA) is 84.9 Å². The van der Waals surface area contributed by atoms with Crippen molar-refractivity contribution in [3.63, 3.8) is 0 Å². The fraction of sp³-hybridized carbons (Fsp3) is 0.115. The Kier molecular flexibility index (Phi) is 7.66. The van der Waals surface area contributed by atoms with Crippen molar-refractivity contribution < 1.29 is 37.0 Å². The molecule has 1 fully saturated rings. The molecule has 1 saturated heterocycles. The van der Waals surface area contributed by atoms with Crippen LogP contribution >= 0.6 is 23.2 Å². The minimum absolute atomic E-state index is 0.212. The molecular weight excluding hydrogens is 548 g/mol. The van der Waals surface area contributed by atoms with Gasteiger partial charge in [-0.25, -0.2) is 9.69 Å². The van der Waals surface area contributed by atoms with E-state index in [1.54, 1.807) is 30.3 Å². The highest BCUT2D eigenvalue weighted by Gasteiger charge is 2.39. The number of amides is 4. The van der Waals surface area contributed by atoms with E-state index in [0.29, 0.717) is 33.4 Å². The molecule has 1 aliphatic rings. The minimum atomic E-state index is -4.75. The summed E-state index contributed by atoms with van der Waals surface area (Å²) in [6, 6.07) is 12.6. The third-order valence-corrected chi connectivity index (χ3v) is 5.99. The molecule has 12 heteroatoms. The molecule has 4 rings (SSSR count). The van der Waals surface area contributed by atoms with E-state index in [2.05, 4.69) is 0 Å². The zero-order valence-corrected chi connectivity index (χ0v) is 20.9. The average Bonchev–Trinajstić information content (AvgIpc) is 2.86. The monoisotopic (exact) mass is 564 g/mol. The summed E-state index contributed by atoms with van der Waals surface area (Å²) < 4.78 is 50.8. The Labute approximate surface area is 224 Å². The number of benzene rings is 3. The molecule has 1 aliphatic heterocycles. The highest BCUT2D eigenvalue weighted by molar-refractivity contribution is 6.42. The zero-order chi connectivity index (χ0) is 27.6. The van der Waals surface area contributed by atoms with Gasteiger partial charge < -0.3 is 9.47 Å². The van der Waals surface area contributed by atoms with Crippen molar-refractivity contribution >= 4 is 52.8 Å². The molecule has 0 saturated carbocycles. The van der Waals surface area contributed by atoms with Crippen LogP contribution in [0.4, 0.5) is 23.7 Å². The second-order valence-corrected chi connectivity index (χ2v) is 8.79. The first-order valence-electron chi connectivity index (χ1n) is 10.8. The van der Waals surface area contributed by atoms with Crippen LogP contribution in [0.2, 0.25) is 10.0 Å².